The van der Waals surface area contributed by atoms with Gasteiger partial charge in [0, 0.05) is 17.5 Å². The number of nitrogens with two attached hydrogens (primary N) is 1. The summed E-state index contributed by atoms with van der Waals surface area (Å²) in [6.07, 6.45) is 2.23. The van der Waals surface area contributed by atoms with Crippen LogP contribution in [0.15, 0.2) is 54.6 Å². The van der Waals surface area contributed by atoms with Crippen molar-refractivity contribution >= 4 is 11.8 Å². The minimum atomic E-state index is -1.56. The number of rotatable bonds is 11. The number of aliphatic hydroxyl groups is 1. The molecule has 0 radical (unpaired) electrons. The van der Waals surface area contributed by atoms with Crippen LogP contribution in [0, 0.1) is 5.82 Å². The third-order valence-electron chi connectivity index (χ3n) is 6.87. The second-order valence-electron chi connectivity index (χ2n) is 10.2. The molecule has 1 aromatic heterocycles. The Morgan fingerprint density at radius 1 is 1.05 bits per heavy atom. The van der Waals surface area contributed by atoms with Gasteiger partial charge in [0.2, 0.25) is 0 Å². The van der Waals surface area contributed by atoms with Crippen molar-refractivity contribution in [2.24, 2.45) is 5.73 Å². The number of hydrogen-bond acceptors (Lipinski definition) is 8. The van der Waals surface area contributed by atoms with Gasteiger partial charge < -0.3 is 25.1 Å². The van der Waals surface area contributed by atoms with Crippen LogP contribution in [-0.4, -0.2) is 42.2 Å². The third-order valence-corrected chi connectivity index (χ3v) is 6.87. The van der Waals surface area contributed by atoms with Crippen molar-refractivity contribution < 1.29 is 33.3 Å². The lowest BCUT2D eigenvalue weighted by molar-refractivity contribution is -0.146. The smallest absolute Gasteiger partial charge is 0.330 e. The van der Waals surface area contributed by atoms with E-state index in [-0.39, 0.29) is 30.4 Å². The number of pyridine rings is 1. The predicted octanol–water partition coefficient (Wildman–Crippen LogP) is 4.66. The average Bonchev–Trinajstić information content (AvgIpc) is 3.75. The Hall–Kier alpha value is -3.82. The van der Waals surface area contributed by atoms with Crippen LogP contribution in [0.2, 0.25) is 0 Å². The van der Waals surface area contributed by atoms with E-state index in [0.29, 0.717) is 33.9 Å². The first-order valence-corrected chi connectivity index (χ1v) is 12.7. The minimum Gasteiger partial charge on any atom is -0.493 e. The highest BCUT2D eigenvalue weighted by molar-refractivity contribution is 5.96. The van der Waals surface area contributed by atoms with E-state index in [4.69, 9.17) is 19.9 Å². The fourth-order valence-electron chi connectivity index (χ4n) is 4.14. The molecular formula is C30H33FN2O6. The molecule has 0 aliphatic heterocycles. The number of halogens is 1. The number of carbonyl (C=O) groups excluding carboxylic acids is 2. The quantitative estimate of drug-likeness (QED) is 0.268. The van der Waals surface area contributed by atoms with Crippen LogP contribution < -0.4 is 15.2 Å². The van der Waals surface area contributed by atoms with Crippen molar-refractivity contribution in [3.05, 3.63) is 77.2 Å². The molecule has 2 unspecified atom stereocenters. The van der Waals surface area contributed by atoms with Gasteiger partial charge in [0.1, 0.15) is 17.0 Å². The molecule has 1 heterocycles. The molecule has 8 nitrogen and oxygen atoms in total. The number of esters is 1. The van der Waals surface area contributed by atoms with E-state index >= 15 is 0 Å². The first-order valence-electron chi connectivity index (χ1n) is 12.7. The van der Waals surface area contributed by atoms with Crippen LogP contribution in [0.1, 0.15) is 61.1 Å². The highest BCUT2D eigenvalue weighted by Gasteiger charge is 2.35. The average molecular weight is 537 g/mol. The maximum absolute atomic E-state index is 13.5. The number of carbonyl (C=O) groups is 2. The van der Waals surface area contributed by atoms with E-state index in [9.17, 15) is 19.1 Å². The molecule has 1 saturated carbocycles. The van der Waals surface area contributed by atoms with Gasteiger partial charge >= 0.3 is 5.97 Å². The van der Waals surface area contributed by atoms with Gasteiger partial charge in [-0.25, -0.2) is 14.2 Å². The predicted molar refractivity (Wildman–Crippen MR) is 143 cm³/mol. The first kappa shape index (κ1) is 28.2. The van der Waals surface area contributed by atoms with Gasteiger partial charge in [-0.1, -0.05) is 0 Å². The van der Waals surface area contributed by atoms with Gasteiger partial charge in [0.15, 0.2) is 17.3 Å². The summed E-state index contributed by atoms with van der Waals surface area (Å²) in [5.41, 5.74) is 5.14. The first-order chi connectivity index (χ1) is 18.4. The summed E-state index contributed by atoms with van der Waals surface area (Å²) in [6, 6.07) is 13.8. The van der Waals surface area contributed by atoms with Crippen molar-refractivity contribution in [2.75, 3.05) is 14.2 Å². The number of benzene rings is 2. The van der Waals surface area contributed by atoms with Crippen molar-refractivity contribution in [3.63, 3.8) is 0 Å². The maximum atomic E-state index is 13.5. The lowest BCUT2D eigenvalue weighted by Crippen LogP contribution is -2.43. The molecule has 0 spiro atoms. The zero-order chi connectivity index (χ0) is 28.4. The van der Waals surface area contributed by atoms with Gasteiger partial charge in [-0.2, -0.15) is 0 Å². The molecular weight excluding hydrogens is 503 g/mol. The van der Waals surface area contributed by atoms with Gasteiger partial charge in [-0.15, -0.1) is 0 Å². The molecule has 4 rings (SSSR count). The van der Waals surface area contributed by atoms with Gasteiger partial charge in [-0.3, -0.25) is 4.79 Å². The van der Waals surface area contributed by atoms with Crippen LogP contribution >= 0.6 is 0 Å². The molecule has 206 valence electrons. The molecule has 0 bridgehead atoms. The van der Waals surface area contributed by atoms with Crippen LogP contribution in [0.4, 0.5) is 4.39 Å². The number of methoxy groups -OCH3 is 2. The van der Waals surface area contributed by atoms with E-state index in [2.05, 4.69) is 4.98 Å². The summed E-state index contributed by atoms with van der Waals surface area (Å²) in [7, 11) is 2.75. The van der Waals surface area contributed by atoms with E-state index in [1.165, 1.54) is 39.3 Å². The van der Waals surface area contributed by atoms with E-state index in [1.807, 2.05) is 0 Å². The maximum Gasteiger partial charge on any atom is 0.330 e. The highest BCUT2D eigenvalue weighted by Crippen LogP contribution is 2.36. The number of ketones is 1. The molecule has 0 saturated heterocycles. The third kappa shape index (κ3) is 6.43. The lowest BCUT2D eigenvalue weighted by atomic mass is 9.87. The number of Topliss-reactive ketones (excluding diaryl/α,β-unsaturated/α-hetero) is 1. The summed E-state index contributed by atoms with van der Waals surface area (Å²) >= 11 is 0. The second kappa shape index (κ2) is 11.1. The summed E-state index contributed by atoms with van der Waals surface area (Å²) < 4.78 is 29.7. The van der Waals surface area contributed by atoms with Crippen molar-refractivity contribution in [1.29, 1.82) is 0 Å². The van der Waals surface area contributed by atoms with Gasteiger partial charge in [0.05, 0.1) is 31.7 Å². The SMILES string of the molecule is COC(=O)C(C)(N)c1cc(-c2ccc(F)cc2)nc(C(C)(O)CCC(=O)c2ccc(OC3CC3)c(OC)c2)c1. The Labute approximate surface area is 226 Å². The van der Waals surface area contributed by atoms with Crippen molar-refractivity contribution in [3.8, 4) is 22.8 Å². The largest absolute Gasteiger partial charge is 0.493 e. The van der Waals surface area contributed by atoms with Crippen LogP contribution in [-0.2, 0) is 20.7 Å². The zero-order valence-electron chi connectivity index (χ0n) is 22.5. The summed E-state index contributed by atoms with van der Waals surface area (Å²) in [5.74, 6) is -0.221. The Balaban J connectivity index is 1.61. The number of aromatic nitrogens is 1. The molecule has 1 aliphatic carbocycles. The van der Waals surface area contributed by atoms with E-state index in [1.54, 1.807) is 43.3 Å². The van der Waals surface area contributed by atoms with Crippen LogP contribution in [0.25, 0.3) is 11.3 Å². The van der Waals surface area contributed by atoms with Crippen LogP contribution in [0.5, 0.6) is 11.5 Å². The Morgan fingerprint density at radius 2 is 1.74 bits per heavy atom. The van der Waals surface area contributed by atoms with E-state index in [0.717, 1.165) is 12.8 Å². The number of hydrogen-bond donors (Lipinski definition) is 2. The van der Waals surface area contributed by atoms with Gasteiger partial charge in [0.25, 0.3) is 0 Å². The van der Waals surface area contributed by atoms with Crippen molar-refractivity contribution in [2.45, 2.75) is 56.8 Å². The molecule has 9 heteroatoms. The normalized spacial score (nSPS) is 16.1. The molecule has 2 atom stereocenters. The summed E-state index contributed by atoms with van der Waals surface area (Å²) in [5, 5.41) is 11.5. The molecule has 3 aromatic rings. The molecule has 1 aliphatic rings. The lowest BCUT2D eigenvalue weighted by Gasteiger charge is -2.27. The Kier molecular flexibility index (Phi) is 8.04. The van der Waals surface area contributed by atoms with Gasteiger partial charge in [-0.05, 0) is 93.3 Å². The fourth-order valence-corrected chi connectivity index (χ4v) is 4.14. The summed E-state index contributed by atoms with van der Waals surface area (Å²) in [6.45, 7) is 3.04. The van der Waals surface area contributed by atoms with Crippen molar-refractivity contribution in [1.82, 2.24) is 4.98 Å². The fraction of sp³-hybridized carbons (Fsp3) is 0.367. The topological polar surface area (TPSA) is 121 Å². The Bertz CT molecular complexity index is 1370. The molecule has 39 heavy (non-hydrogen) atoms. The van der Waals surface area contributed by atoms with E-state index < -0.39 is 22.9 Å². The second-order valence-corrected chi connectivity index (χ2v) is 10.2. The molecule has 2 aromatic carbocycles. The number of nitrogens with zero attached hydrogens (tertiary/aromatic N) is 1. The summed E-state index contributed by atoms with van der Waals surface area (Å²) in [4.78, 5) is 30.1. The molecule has 3 N–H and O–H groups in total. The molecule has 1 fully saturated rings. The standard InChI is InChI=1S/C30H33FN2O6/c1-29(36,14-13-24(34)19-7-12-25(26(15-19)37-3)39-22-10-11-22)27-17-20(30(2,32)28(35)38-4)16-23(33-27)18-5-8-21(31)9-6-18/h5-9,12,15-17,22,36H,10-11,13-14,32H2,1-4H3. The number of ether oxygens (including phenoxy) is 3. The molecule has 0 amide bonds. The monoisotopic (exact) mass is 536 g/mol. The Morgan fingerprint density at radius 3 is 2.36 bits per heavy atom. The zero-order valence-corrected chi connectivity index (χ0v) is 22.5. The van der Waals surface area contributed by atoms with Crippen LogP contribution in [0.3, 0.4) is 0 Å². The highest BCUT2D eigenvalue weighted by atomic mass is 19.1. The minimum absolute atomic E-state index is 0.00761.